The highest BCUT2D eigenvalue weighted by atomic mass is 35.5. The molecule has 1 aliphatic heterocycles. The van der Waals surface area contributed by atoms with Crippen LogP contribution in [0, 0.1) is 10.1 Å². The number of non-ortho nitro benzene ring substituents is 1. The van der Waals surface area contributed by atoms with Crippen LogP contribution in [0.3, 0.4) is 0 Å². The quantitative estimate of drug-likeness (QED) is 0.321. The summed E-state index contributed by atoms with van der Waals surface area (Å²) >= 11 is 6.02. The standard InChI is InChI=1S/C24H18ClN3O6/c25-19-13-16(28(32)33)9-10-17(19)23(30)26-20-7-3-2-6-18(20)24(31)34-14-22(29)27-12-11-15-5-1-4-8-21(15)27/h1-10,13H,11-12,14H2,(H,26,30). The van der Waals surface area contributed by atoms with Crippen LogP contribution in [-0.4, -0.2) is 35.9 Å². The van der Waals surface area contributed by atoms with Gasteiger partial charge in [0, 0.05) is 24.4 Å². The van der Waals surface area contributed by atoms with Crippen LogP contribution in [0.4, 0.5) is 17.1 Å². The van der Waals surface area contributed by atoms with Crippen LogP contribution in [0.5, 0.6) is 0 Å². The number of carbonyl (C=O) groups excluding carboxylic acids is 3. The molecule has 3 aromatic carbocycles. The van der Waals surface area contributed by atoms with Gasteiger partial charge in [0.05, 0.1) is 26.8 Å². The van der Waals surface area contributed by atoms with Crippen molar-refractivity contribution in [1.82, 2.24) is 0 Å². The second-order valence-electron chi connectivity index (χ2n) is 7.42. The molecule has 1 heterocycles. The van der Waals surface area contributed by atoms with Gasteiger partial charge in [0.25, 0.3) is 17.5 Å². The molecule has 0 radical (unpaired) electrons. The number of fused-ring (bicyclic) bond motifs is 1. The third-order valence-electron chi connectivity index (χ3n) is 5.32. The number of benzene rings is 3. The minimum atomic E-state index is -0.786. The van der Waals surface area contributed by atoms with E-state index in [0.717, 1.165) is 29.8 Å². The van der Waals surface area contributed by atoms with Crippen LogP contribution in [-0.2, 0) is 16.0 Å². The van der Waals surface area contributed by atoms with E-state index >= 15 is 0 Å². The summed E-state index contributed by atoms with van der Waals surface area (Å²) < 4.78 is 5.23. The van der Waals surface area contributed by atoms with Crippen LogP contribution in [0.1, 0.15) is 26.3 Å². The van der Waals surface area contributed by atoms with Crippen molar-refractivity contribution >= 4 is 46.4 Å². The highest BCUT2D eigenvalue weighted by molar-refractivity contribution is 6.34. The Labute approximate surface area is 199 Å². The van der Waals surface area contributed by atoms with Crippen molar-refractivity contribution in [1.29, 1.82) is 0 Å². The van der Waals surface area contributed by atoms with E-state index < -0.39 is 23.4 Å². The summed E-state index contributed by atoms with van der Waals surface area (Å²) in [5.41, 5.74) is 1.79. The number of hydrogen-bond donors (Lipinski definition) is 1. The Kier molecular flexibility index (Phi) is 6.55. The number of rotatable bonds is 6. The Balaban J connectivity index is 1.44. The fourth-order valence-electron chi connectivity index (χ4n) is 3.64. The zero-order valence-corrected chi connectivity index (χ0v) is 18.4. The van der Waals surface area contributed by atoms with Crippen molar-refractivity contribution in [2.75, 3.05) is 23.4 Å². The van der Waals surface area contributed by atoms with Gasteiger partial charge in [0.2, 0.25) is 0 Å². The van der Waals surface area contributed by atoms with E-state index in [1.807, 2.05) is 24.3 Å². The zero-order chi connectivity index (χ0) is 24.2. The van der Waals surface area contributed by atoms with Gasteiger partial charge < -0.3 is 15.0 Å². The average Bonchev–Trinajstić information content (AvgIpc) is 3.27. The number of anilines is 2. The summed E-state index contributed by atoms with van der Waals surface area (Å²) in [6.45, 7) is 0.0575. The maximum absolute atomic E-state index is 12.7. The molecule has 1 aliphatic rings. The van der Waals surface area contributed by atoms with E-state index in [9.17, 15) is 24.5 Å². The number of hydrogen-bond acceptors (Lipinski definition) is 6. The van der Waals surface area contributed by atoms with Gasteiger partial charge in [0.15, 0.2) is 6.61 Å². The number of para-hydroxylation sites is 2. The van der Waals surface area contributed by atoms with Crippen molar-refractivity contribution in [2.45, 2.75) is 6.42 Å². The Bertz CT molecular complexity index is 1310. The van der Waals surface area contributed by atoms with Crippen molar-refractivity contribution in [3.05, 3.63) is 98.6 Å². The maximum Gasteiger partial charge on any atom is 0.340 e. The van der Waals surface area contributed by atoms with Crippen molar-refractivity contribution in [3.63, 3.8) is 0 Å². The monoisotopic (exact) mass is 479 g/mol. The van der Waals surface area contributed by atoms with Crippen molar-refractivity contribution < 1.29 is 24.0 Å². The molecule has 172 valence electrons. The van der Waals surface area contributed by atoms with Crippen molar-refractivity contribution in [2.24, 2.45) is 0 Å². The predicted molar refractivity (Wildman–Crippen MR) is 125 cm³/mol. The molecule has 0 aromatic heterocycles. The minimum absolute atomic E-state index is 0.00156. The number of nitrogens with zero attached hydrogens (tertiary/aromatic N) is 2. The Hall–Kier alpha value is -4.24. The molecule has 0 fully saturated rings. The topological polar surface area (TPSA) is 119 Å². The molecule has 9 nitrogen and oxygen atoms in total. The van der Waals surface area contributed by atoms with Gasteiger partial charge >= 0.3 is 5.97 Å². The fraction of sp³-hybridized carbons (Fsp3) is 0.125. The predicted octanol–water partition coefficient (Wildman–Crippen LogP) is 4.25. The van der Waals surface area contributed by atoms with E-state index in [1.54, 1.807) is 17.0 Å². The fourth-order valence-corrected chi connectivity index (χ4v) is 3.90. The smallest absolute Gasteiger partial charge is 0.340 e. The van der Waals surface area contributed by atoms with Gasteiger partial charge in [-0.25, -0.2) is 4.79 Å². The second-order valence-corrected chi connectivity index (χ2v) is 7.83. The largest absolute Gasteiger partial charge is 0.452 e. The molecular weight excluding hydrogens is 462 g/mol. The molecule has 1 N–H and O–H groups in total. The molecule has 0 spiro atoms. The van der Waals surface area contributed by atoms with Gasteiger partial charge in [-0.05, 0) is 36.2 Å². The minimum Gasteiger partial charge on any atom is -0.452 e. The first kappa shape index (κ1) is 22.9. The molecule has 2 amide bonds. The molecule has 0 atom stereocenters. The maximum atomic E-state index is 12.7. The molecule has 0 bridgehead atoms. The zero-order valence-electron chi connectivity index (χ0n) is 17.7. The molecule has 10 heteroatoms. The van der Waals surface area contributed by atoms with Gasteiger partial charge in [-0.2, -0.15) is 0 Å². The molecule has 0 unspecified atom stereocenters. The van der Waals surface area contributed by atoms with E-state index in [4.69, 9.17) is 16.3 Å². The molecule has 4 rings (SSSR count). The second kappa shape index (κ2) is 9.72. The SMILES string of the molecule is O=C(Nc1ccccc1C(=O)OCC(=O)N1CCc2ccccc21)c1ccc([N+](=O)[O-])cc1Cl. The first-order valence-electron chi connectivity index (χ1n) is 10.2. The molecule has 0 aliphatic carbocycles. The Morgan fingerprint density at radius 2 is 1.76 bits per heavy atom. The Morgan fingerprint density at radius 3 is 2.53 bits per heavy atom. The third-order valence-corrected chi connectivity index (χ3v) is 5.63. The first-order valence-corrected chi connectivity index (χ1v) is 10.6. The van der Waals surface area contributed by atoms with Gasteiger partial charge in [-0.3, -0.25) is 19.7 Å². The number of esters is 1. The summed E-state index contributed by atoms with van der Waals surface area (Å²) in [5, 5.41) is 13.3. The highest BCUT2D eigenvalue weighted by Gasteiger charge is 2.25. The number of ether oxygens (including phenoxy) is 1. The lowest BCUT2D eigenvalue weighted by Gasteiger charge is -2.17. The molecule has 0 saturated carbocycles. The normalized spacial score (nSPS) is 12.1. The lowest BCUT2D eigenvalue weighted by Crippen LogP contribution is -2.33. The molecule has 0 saturated heterocycles. The van der Waals surface area contributed by atoms with Crippen LogP contribution >= 0.6 is 11.6 Å². The Morgan fingerprint density at radius 1 is 1.03 bits per heavy atom. The van der Waals surface area contributed by atoms with E-state index in [-0.39, 0.29) is 33.4 Å². The summed E-state index contributed by atoms with van der Waals surface area (Å²) in [4.78, 5) is 49.8. The number of nitro benzene ring substituents is 1. The van der Waals surface area contributed by atoms with Crippen LogP contribution in [0.2, 0.25) is 5.02 Å². The number of halogens is 1. The van der Waals surface area contributed by atoms with Crippen LogP contribution in [0.25, 0.3) is 0 Å². The number of amides is 2. The van der Waals surface area contributed by atoms with Crippen LogP contribution in [0.15, 0.2) is 66.7 Å². The van der Waals surface area contributed by atoms with Crippen molar-refractivity contribution in [3.8, 4) is 0 Å². The summed E-state index contributed by atoms with van der Waals surface area (Å²) in [6, 6.07) is 17.1. The van der Waals surface area contributed by atoms with Gasteiger partial charge in [-0.15, -0.1) is 0 Å². The lowest BCUT2D eigenvalue weighted by molar-refractivity contribution is -0.384. The summed E-state index contributed by atoms with van der Waals surface area (Å²) in [7, 11) is 0. The molecule has 34 heavy (non-hydrogen) atoms. The number of carbonyl (C=O) groups is 3. The summed E-state index contributed by atoms with van der Waals surface area (Å²) in [6.07, 6.45) is 0.732. The van der Waals surface area contributed by atoms with E-state index in [2.05, 4.69) is 5.32 Å². The number of nitrogens with one attached hydrogen (secondary N) is 1. The van der Waals surface area contributed by atoms with E-state index in [0.29, 0.717) is 6.54 Å². The van der Waals surface area contributed by atoms with Crippen LogP contribution < -0.4 is 10.2 Å². The molecular formula is C24H18ClN3O6. The summed E-state index contributed by atoms with van der Waals surface area (Å²) in [5.74, 6) is -1.80. The average molecular weight is 480 g/mol. The van der Waals surface area contributed by atoms with Gasteiger partial charge in [0.1, 0.15) is 0 Å². The third kappa shape index (κ3) is 4.74. The number of nitro groups is 1. The first-order chi connectivity index (χ1) is 16.3. The van der Waals surface area contributed by atoms with Gasteiger partial charge in [-0.1, -0.05) is 41.9 Å². The lowest BCUT2D eigenvalue weighted by atomic mass is 10.1. The molecule has 3 aromatic rings. The highest BCUT2D eigenvalue weighted by Crippen LogP contribution is 2.28. The van der Waals surface area contributed by atoms with E-state index in [1.165, 1.54) is 18.2 Å².